The number of ketones is 2. The number of nitrogens with two attached hydrogens (primary N) is 1. The largest absolute Gasteiger partial charge is 0.344 e. The van der Waals surface area contributed by atoms with Gasteiger partial charge in [0.25, 0.3) is 11.8 Å². The van der Waals surface area contributed by atoms with Gasteiger partial charge in [-0.1, -0.05) is 0 Å². The Balaban J connectivity index is 0.000000196. The van der Waals surface area contributed by atoms with Gasteiger partial charge in [0.2, 0.25) is 29.0 Å². The molecule has 9 saturated heterocycles. The molecule has 0 radical (unpaired) electrons. The second-order valence-corrected chi connectivity index (χ2v) is 23.0. The molecule has 9 aliphatic rings. The van der Waals surface area contributed by atoms with Crippen molar-refractivity contribution in [3.63, 3.8) is 0 Å². The summed E-state index contributed by atoms with van der Waals surface area (Å²) in [6.45, 7) is 21.6. The Kier molecular flexibility index (Phi) is 14.6. The number of carbonyl (C=O) groups is 5. The van der Waals surface area contributed by atoms with Crippen LogP contribution in [0.15, 0.2) is 0 Å². The molecule has 9 rings (SSSR count). The number of nitrogens with zero attached hydrogens (tertiary/aromatic N) is 4. The first-order valence-corrected chi connectivity index (χ1v) is 25.2. The summed E-state index contributed by atoms with van der Waals surface area (Å²) in [7, 11) is 0. The zero-order valence-electron chi connectivity index (χ0n) is 42.8. The predicted octanol–water partition coefficient (Wildman–Crippen LogP) is 2.29. The van der Waals surface area contributed by atoms with Crippen molar-refractivity contribution in [2.45, 2.75) is 222 Å². The molecule has 3 amide bonds. The molecule has 0 unspecified atom stereocenters. The van der Waals surface area contributed by atoms with Gasteiger partial charge in [0.1, 0.15) is 42.7 Å². The topological polar surface area (TPSA) is 249 Å². The minimum Gasteiger partial charge on any atom is -0.344 e. The minimum absolute atomic E-state index is 0.00675. The van der Waals surface area contributed by atoms with Gasteiger partial charge in [-0.15, -0.1) is 0 Å². The van der Waals surface area contributed by atoms with E-state index in [1.807, 2.05) is 41.5 Å². The van der Waals surface area contributed by atoms with Crippen LogP contribution >= 0.6 is 0 Å². The van der Waals surface area contributed by atoms with Gasteiger partial charge in [-0.05, 0) is 108 Å². The minimum atomic E-state index is -1.21. The van der Waals surface area contributed by atoms with Crippen LogP contribution in [0, 0.1) is 11.3 Å². The van der Waals surface area contributed by atoms with E-state index in [-0.39, 0.29) is 86.8 Å². The zero-order valence-corrected chi connectivity index (χ0v) is 42.8. The summed E-state index contributed by atoms with van der Waals surface area (Å²) >= 11 is 0. The first-order valence-electron chi connectivity index (χ1n) is 25.2. The van der Waals surface area contributed by atoms with Crippen LogP contribution in [0.5, 0.6) is 0 Å². The van der Waals surface area contributed by atoms with E-state index in [2.05, 4.69) is 11.4 Å². The Morgan fingerprint density at radius 3 is 1.50 bits per heavy atom. The molecule has 0 aliphatic carbocycles. The maximum Gasteiger partial charge on any atom is 0.289 e. The average molecular weight is 989 g/mol. The summed E-state index contributed by atoms with van der Waals surface area (Å²) in [4.78, 5) is 68.9. The first kappa shape index (κ1) is 53.1. The molecule has 0 aromatic rings. The Morgan fingerprint density at radius 2 is 1.06 bits per heavy atom. The summed E-state index contributed by atoms with van der Waals surface area (Å²) in [5.74, 6) is -7.75. The van der Waals surface area contributed by atoms with E-state index in [0.717, 1.165) is 12.8 Å². The zero-order chi connectivity index (χ0) is 50.9. The molecular weight excluding hydrogens is 913 g/mol. The van der Waals surface area contributed by atoms with E-state index in [4.69, 9.17) is 53.1 Å². The summed E-state index contributed by atoms with van der Waals surface area (Å²) < 4.78 is 60.9. The molecule has 0 saturated carbocycles. The van der Waals surface area contributed by atoms with E-state index >= 15 is 0 Å². The number of hydrogen-bond acceptors (Lipinski definition) is 18. The standard InChI is InChI=1S/C28H42N4O8.C21H34N2O7/c1-25(2)37-20-17-36-28(23(22(20)38-25)39-26(3,4)40-28)9-8-19(33)24(35)31-13-10-27(5,11-14-31)30-16-21(34)32-12-6-7-18(32)15-29;1-18(2)27-14-12-26-21(16(15(14)28-18)29-19(3,4)30-21)7-6-13(24)17(25)23-10-8-20(5,22)9-11-23/h18,20,22-23,30H,6-14,16-17H2,1-5H3;14-16H,6-12,22H2,1-5H3/t18-,20+,22+,23-,28-;14-,15-,16+,21+/m01/s1. The Morgan fingerprint density at radius 1 is 0.614 bits per heavy atom. The molecule has 21 heteroatoms. The lowest BCUT2D eigenvalue weighted by molar-refractivity contribution is -0.284. The van der Waals surface area contributed by atoms with Crippen molar-refractivity contribution in [2.24, 2.45) is 5.73 Å². The van der Waals surface area contributed by atoms with Crippen LogP contribution in [0.25, 0.3) is 0 Å². The van der Waals surface area contributed by atoms with E-state index in [1.54, 1.807) is 42.4 Å². The SMILES string of the molecule is CC1(N)CCN(C(=O)C(=O)CC[C@@]23OC[C@H]4OC(C)(C)O[C@H]4[C@@H]2OC(C)(C)O3)CC1.CC1(NCC(=O)N2CCC[C@H]2C#N)CCN(C(=O)C(=O)CC[C@@]23OC[C@H]4OC(C)(C)O[C@H]4[C@@H]2OC(C)(C)O3)CC1. The molecular formula is C49H76N6O15. The van der Waals surface area contributed by atoms with Gasteiger partial charge in [0.05, 0.1) is 25.8 Å². The van der Waals surface area contributed by atoms with Crippen LogP contribution in [-0.2, 0) is 71.3 Å². The van der Waals surface area contributed by atoms with Gasteiger partial charge >= 0.3 is 0 Å². The molecule has 9 atom stereocenters. The first-order chi connectivity index (χ1) is 32.6. The third-order valence-electron chi connectivity index (χ3n) is 15.2. The van der Waals surface area contributed by atoms with Crippen molar-refractivity contribution in [1.29, 1.82) is 5.26 Å². The van der Waals surface area contributed by atoms with E-state index in [1.165, 1.54) is 0 Å². The van der Waals surface area contributed by atoms with Gasteiger partial charge < -0.3 is 73.1 Å². The smallest absolute Gasteiger partial charge is 0.289 e. The number of nitriles is 1. The van der Waals surface area contributed by atoms with Crippen molar-refractivity contribution < 1.29 is 71.3 Å². The molecule has 0 spiro atoms. The molecule has 9 heterocycles. The highest BCUT2D eigenvalue weighted by molar-refractivity contribution is 6.36. The molecule has 0 aromatic carbocycles. The van der Waals surface area contributed by atoms with Crippen LogP contribution in [-0.4, -0.2) is 185 Å². The van der Waals surface area contributed by atoms with Crippen molar-refractivity contribution in [2.75, 3.05) is 52.5 Å². The lowest BCUT2D eigenvalue weighted by Gasteiger charge is -2.41. The van der Waals surface area contributed by atoms with Crippen LogP contribution in [0.2, 0.25) is 0 Å². The molecule has 9 aliphatic heterocycles. The average Bonchev–Trinajstić information content (AvgIpc) is 4.09. The molecule has 70 heavy (non-hydrogen) atoms. The molecule has 0 aromatic heterocycles. The quantitative estimate of drug-likeness (QED) is 0.282. The molecule has 0 bridgehead atoms. The number of hydrogen-bond donors (Lipinski definition) is 2. The normalized spacial score (nSPS) is 36.9. The summed E-state index contributed by atoms with van der Waals surface area (Å²) in [6, 6.07) is 1.85. The van der Waals surface area contributed by atoms with E-state index in [9.17, 15) is 29.2 Å². The fourth-order valence-corrected chi connectivity index (χ4v) is 11.5. The Labute approximate surface area is 411 Å². The third kappa shape index (κ3) is 11.3. The van der Waals surface area contributed by atoms with Crippen LogP contribution in [0.1, 0.15) is 133 Å². The maximum atomic E-state index is 13.1. The highest BCUT2D eigenvalue weighted by Crippen LogP contribution is 2.51. The van der Waals surface area contributed by atoms with Crippen molar-refractivity contribution in [3.05, 3.63) is 0 Å². The lowest BCUT2D eigenvalue weighted by atomic mass is 9.89. The fourth-order valence-electron chi connectivity index (χ4n) is 11.5. The second kappa shape index (κ2) is 19.2. The van der Waals surface area contributed by atoms with Crippen molar-refractivity contribution in [1.82, 2.24) is 20.0 Å². The molecule has 21 nitrogen and oxygen atoms in total. The van der Waals surface area contributed by atoms with Gasteiger partial charge in [-0.2, -0.15) is 5.26 Å². The van der Waals surface area contributed by atoms with Crippen LogP contribution in [0.3, 0.4) is 0 Å². The number of piperidine rings is 2. The number of rotatable bonds is 11. The maximum absolute atomic E-state index is 13.1. The van der Waals surface area contributed by atoms with E-state index in [0.29, 0.717) is 58.4 Å². The summed E-state index contributed by atoms with van der Waals surface area (Å²) in [6.07, 6.45) is 1.97. The van der Waals surface area contributed by atoms with Gasteiger partial charge in [0.15, 0.2) is 23.1 Å². The highest BCUT2D eigenvalue weighted by Gasteiger charge is 2.66. The number of Topliss-reactive ketones (excluding diaryl/α,β-unsaturated/α-hetero) is 2. The Bertz CT molecular complexity index is 2060. The third-order valence-corrected chi connectivity index (χ3v) is 15.2. The molecule has 392 valence electrons. The van der Waals surface area contributed by atoms with Crippen molar-refractivity contribution >= 4 is 29.3 Å². The number of likely N-dealkylation sites (tertiary alicyclic amines) is 3. The van der Waals surface area contributed by atoms with Gasteiger partial charge in [0, 0.05) is 69.5 Å². The van der Waals surface area contributed by atoms with Crippen molar-refractivity contribution in [3.8, 4) is 6.07 Å². The number of ether oxygens (including phenoxy) is 10. The summed E-state index contributed by atoms with van der Waals surface area (Å²) in [5, 5.41) is 12.6. The predicted molar refractivity (Wildman–Crippen MR) is 245 cm³/mol. The molecule has 9 fully saturated rings. The second-order valence-electron chi connectivity index (χ2n) is 23.0. The monoisotopic (exact) mass is 989 g/mol. The van der Waals surface area contributed by atoms with Crippen LogP contribution in [0.4, 0.5) is 0 Å². The fraction of sp³-hybridized carbons (Fsp3) is 0.878. The van der Waals surface area contributed by atoms with Gasteiger partial charge in [-0.3, -0.25) is 24.0 Å². The molecule has 3 N–H and O–H groups in total. The number of nitrogens with one attached hydrogen (secondary N) is 1. The van der Waals surface area contributed by atoms with Gasteiger partial charge in [-0.25, -0.2) is 0 Å². The number of amides is 3. The number of carbonyl (C=O) groups excluding carboxylic acids is 5. The van der Waals surface area contributed by atoms with Crippen LogP contribution < -0.4 is 11.1 Å². The number of fused-ring (bicyclic) bond motifs is 6. The lowest BCUT2D eigenvalue weighted by Crippen LogP contribution is -2.58. The highest BCUT2D eigenvalue weighted by atomic mass is 16.9. The van der Waals surface area contributed by atoms with E-state index < -0.39 is 76.4 Å². The Hall–Kier alpha value is -3.24. The summed E-state index contributed by atoms with van der Waals surface area (Å²) in [5.41, 5.74) is 5.50.